The van der Waals surface area contributed by atoms with Gasteiger partial charge in [-0.3, -0.25) is 9.59 Å². The van der Waals surface area contributed by atoms with Gasteiger partial charge in [-0.1, -0.05) is 12.0 Å². The highest BCUT2D eigenvalue weighted by Gasteiger charge is 2.15. The molecular weight excluding hydrogens is 352 g/mol. The molecule has 0 saturated carbocycles. The first-order chi connectivity index (χ1) is 13.7. The van der Waals surface area contributed by atoms with Crippen molar-refractivity contribution in [1.29, 1.82) is 0 Å². The molecule has 6 heteroatoms. The first-order valence-corrected chi connectivity index (χ1v) is 8.81. The van der Waals surface area contributed by atoms with Crippen LogP contribution in [0.1, 0.15) is 33.7 Å². The number of anilines is 2. The Hall–Kier alpha value is -3.98. The van der Waals surface area contributed by atoms with Gasteiger partial charge < -0.3 is 10.6 Å². The van der Waals surface area contributed by atoms with E-state index in [1.165, 1.54) is 0 Å². The van der Waals surface area contributed by atoms with Gasteiger partial charge in [0.25, 0.3) is 5.91 Å². The highest BCUT2D eigenvalue weighted by molar-refractivity contribution is 6.05. The van der Waals surface area contributed by atoms with Crippen molar-refractivity contribution in [3.63, 3.8) is 0 Å². The first-order valence-electron chi connectivity index (χ1n) is 8.81. The van der Waals surface area contributed by atoms with Gasteiger partial charge in [-0.15, -0.1) is 0 Å². The summed E-state index contributed by atoms with van der Waals surface area (Å²) in [6.07, 6.45) is 4.38. The minimum absolute atomic E-state index is 0.0168. The summed E-state index contributed by atoms with van der Waals surface area (Å²) >= 11 is 0. The zero-order valence-corrected chi connectivity index (χ0v) is 14.9. The molecule has 0 radical (unpaired) electrons. The number of hydrogen-bond acceptors (Lipinski definition) is 4. The quantitative estimate of drug-likeness (QED) is 0.681. The van der Waals surface area contributed by atoms with Crippen molar-refractivity contribution in [2.45, 2.75) is 12.8 Å². The molecule has 2 N–H and O–H groups in total. The molecule has 0 aliphatic carbocycles. The van der Waals surface area contributed by atoms with Crippen LogP contribution in [0.3, 0.4) is 0 Å². The van der Waals surface area contributed by atoms with E-state index in [0.717, 1.165) is 11.3 Å². The fourth-order valence-corrected chi connectivity index (χ4v) is 2.89. The highest BCUT2D eigenvalue weighted by Crippen LogP contribution is 2.26. The van der Waals surface area contributed by atoms with Crippen LogP contribution in [0.15, 0.2) is 60.9 Å². The summed E-state index contributed by atoms with van der Waals surface area (Å²) in [7, 11) is 0. The van der Waals surface area contributed by atoms with Gasteiger partial charge in [0.05, 0.1) is 0 Å². The lowest BCUT2D eigenvalue weighted by atomic mass is 10.0. The third kappa shape index (κ3) is 4.05. The molecule has 0 atom stereocenters. The monoisotopic (exact) mass is 368 g/mol. The Morgan fingerprint density at radius 3 is 2.71 bits per heavy atom. The zero-order valence-electron chi connectivity index (χ0n) is 14.9. The minimum Gasteiger partial charge on any atom is -0.326 e. The topological polar surface area (TPSA) is 84.0 Å². The molecule has 1 aliphatic heterocycles. The Morgan fingerprint density at radius 1 is 1.00 bits per heavy atom. The van der Waals surface area contributed by atoms with Crippen molar-refractivity contribution in [1.82, 2.24) is 9.97 Å². The number of hydrogen-bond donors (Lipinski definition) is 2. The number of fused-ring (bicyclic) bond motifs is 1. The summed E-state index contributed by atoms with van der Waals surface area (Å²) in [5, 5.41) is 5.73. The maximum atomic E-state index is 12.6. The van der Waals surface area contributed by atoms with E-state index in [0.29, 0.717) is 35.5 Å². The minimum atomic E-state index is -0.223. The van der Waals surface area contributed by atoms with Crippen molar-refractivity contribution >= 4 is 23.2 Å². The number of rotatable bonds is 2. The van der Waals surface area contributed by atoms with E-state index in [1.54, 1.807) is 42.7 Å². The van der Waals surface area contributed by atoms with E-state index in [2.05, 4.69) is 32.4 Å². The second-order valence-electron chi connectivity index (χ2n) is 6.28. The van der Waals surface area contributed by atoms with Crippen LogP contribution < -0.4 is 10.6 Å². The van der Waals surface area contributed by atoms with Crippen molar-refractivity contribution < 1.29 is 9.59 Å². The molecule has 136 valence electrons. The van der Waals surface area contributed by atoms with E-state index < -0.39 is 0 Å². The second-order valence-corrected chi connectivity index (χ2v) is 6.28. The SMILES string of the molecule is O=C1CCc2cc(NC(=O)c3cccc(C#Cc4ncccn4)c3)ccc2N1. The number of carbonyl (C=O) groups excluding carboxylic acids is 2. The predicted octanol–water partition coefficient (Wildman–Crippen LogP) is 3.01. The number of benzene rings is 2. The van der Waals surface area contributed by atoms with E-state index in [9.17, 15) is 9.59 Å². The second kappa shape index (κ2) is 7.72. The number of aromatic nitrogens is 2. The molecule has 0 saturated heterocycles. The molecule has 2 heterocycles. The van der Waals surface area contributed by atoms with E-state index in [1.807, 2.05) is 18.2 Å². The predicted molar refractivity (Wildman–Crippen MR) is 106 cm³/mol. The molecule has 0 unspecified atom stereocenters. The number of amides is 2. The summed E-state index contributed by atoms with van der Waals surface area (Å²) in [4.78, 5) is 32.2. The Kier molecular flexibility index (Phi) is 4.81. The van der Waals surface area contributed by atoms with Gasteiger partial charge in [-0.05, 0) is 60.4 Å². The standard InChI is InChI=1S/C22H16N4O2/c27-21-10-6-16-14-18(7-8-19(16)26-21)25-22(28)17-4-1-3-15(13-17)5-9-20-23-11-2-12-24-20/h1-4,7-8,11-14H,6,10H2,(H,25,28)(H,26,27). The van der Waals surface area contributed by atoms with Gasteiger partial charge in [0, 0.05) is 41.3 Å². The first kappa shape index (κ1) is 17.4. The lowest BCUT2D eigenvalue weighted by Gasteiger charge is -2.17. The van der Waals surface area contributed by atoms with Gasteiger partial charge in [0.2, 0.25) is 11.7 Å². The lowest BCUT2D eigenvalue weighted by molar-refractivity contribution is -0.116. The molecular formula is C22H16N4O2. The number of nitrogens with zero attached hydrogens (tertiary/aromatic N) is 2. The zero-order chi connectivity index (χ0) is 19.3. The van der Waals surface area contributed by atoms with Crippen LogP contribution in [0.25, 0.3) is 0 Å². The van der Waals surface area contributed by atoms with Crippen LogP contribution in [-0.4, -0.2) is 21.8 Å². The normalized spacial score (nSPS) is 12.2. The Bertz CT molecular complexity index is 1110. The fourth-order valence-electron chi connectivity index (χ4n) is 2.89. The van der Waals surface area contributed by atoms with Crippen LogP contribution in [-0.2, 0) is 11.2 Å². The van der Waals surface area contributed by atoms with Gasteiger partial charge in [0.1, 0.15) is 0 Å². The molecule has 1 aliphatic rings. The molecule has 6 nitrogen and oxygen atoms in total. The smallest absolute Gasteiger partial charge is 0.255 e. The van der Waals surface area contributed by atoms with Crippen LogP contribution >= 0.6 is 0 Å². The molecule has 3 aromatic rings. The summed E-state index contributed by atoms with van der Waals surface area (Å²) in [6.45, 7) is 0. The molecule has 4 rings (SSSR count). The van der Waals surface area contributed by atoms with Crippen molar-refractivity contribution in [2.75, 3.05) is 10.6 Å². The number of aryl methyl sites for hydroxylation is 1. The molecule has 0 bridgehead atoms. The van der Waals surface area contributed by atoms with E-state index >= 15 is 0 Å². The van der Waals surface area contributed by atoms with Crippen molar-refractivity contribution in [2.24, 2.45) is 0 Å². The van der Waals surface area contributed by atoms with Crippen LogP contribution in [0, 0.1) is 11.8 Å². The summed E-state index contributed by atoms with van der Waals surface area (Å²) in [5.74, 6) is 6.07. The molecule has 2 aromatic carbocycles. The Balaban J connectivity index is 1.50. The molecule has 28 heavy (non-hydrogen) atoms. The third-order valence-electron chi connectivity index (χ3n) is 4.27. The lowest BCUT2D eigenvalue weighted by Crippen LogP contribution is -2.19. The van der Waals surface area contributed by atoms with Gasteiger partial charge >= 0.3 is 0 Å². The third-order valence-corrected chi connectivity index (χ3v) is 4.27. The average molecular weight is 368 g/mol. The van der Waals surface area contributed by atoms with Crippen molar-refractivity contribution in [3.05, 3.63) is 83.4 Å². The van der Waals surface area contributed by atoms with Crippen LogP contribution in [0.4, 0.5) is 11.4 Å². The fraction of sp³-hybridized carbons (Fsp3) is 0.0909. The molecule has 0 fully saturated rings. The van der Waals surface area contributed by atoms with Gasteiger partial charge in [-0.25, -0.2) is 9.97 Å². The van der Waals surface area contributed by atoms with Gasteiger partial charge in [-0.2, -0.15) is 0 Å². The molecule has 2 amide bonds. The summed E-state index contributed by atoms with van der Waals surface area (Å²) < 4.78 is 0. The van der Waals surface area contributed by atoms with Crippen molar-refractivity contribution in [3.8, 4) is 11.8 Å². The molecule has 1 aromatic heterocycles. The highest BCUT2D eigenvalue weighted by atomic mass is 16.2. The van der Waals surface area contributed by atoms with E-state index in [-0.39, 0.29) is 11.8 Å². The number of nitrogens with one attached hydrogen (secondary N) is 2. The number of carbonyl (C=O) groups is 2. The van der Waals surface area contributed by atoms with Gasteiger partial charge in [0.15, 0.2) is 0 Å². The Morgan fingerprint density at radius 2 is 1.86 bits per heavy atom. The average Bonchev–Trinajstić information content (AvgIpc) is 2.73. The van der Waals surface area contributed by atoms with Crippen LogP contribution in [0.2, 0.25) is 0 Å². The molecule has 0 spiro atoms. The summed E-state index contributed by atoms with van der Waals surface area (Å²) in [5.41, 5.74) is 3.71. The maximum absolute atomic E-state index is 12.6. The summed E-state index contributed by atoms with van der Waals surface area (Å²) in [6, 6.07) is 14.3. The van der Waals surface area contributed by atoms with Crippen LogP contribution in [0.5, 0.6) is 0 Å². The largest absolute Gasteiger partial charge is 0.326 e. The maximum Gasteiger partial charge on any atom is 0.255 e. The van der Waals surface area contributed by atoms with E-state index in [4.69, 9.17) is 0 Å². The Labute approximate surface area is 162 Å².